The zero-order valence-corrected chi connectivity index (χ0v) is 13.3. The number of hydrogen-bond acceptors (Lipinski definition) is 5. The highest BCUT2D eigenvalue weighted by molar-refractivity contribution is 7.99. The van der Waals surface area contributed by atoms with Crippen molar-refractivity contribution in [2.75, 3.05) is 12.3 Å². The Kier molecular flexibility index (Phi) is 5.20. The van der Waals surface area contributed by atoms with Gasteiger partial charge in [0.1, 0.15) is 0 Å². The lowest BCUT2D eigenvalue weighted by Gasteiger charge is -2.19. The first-order valence-electron chi connectivity index (χ1n) is 6.83. The minimum absolute atomic E-state index is 0.290. The van der Waals surface area contributed by atoms with E-state index in [2.05, 4.69) is 54.5 Å². The molecule has 1 aromatic carbocycles. The molecule has 1 N–H and O–H groups in total. The number of aromatic nitrogens is 2. The van der Waals surface area contributed by atoms with E-state index in [4.69, 9.17) is 4.42 Å². The third kappa shape index (κ3) is 3.84. The van der Waals surface area contributed by atoms with Crippen molar-refractivity contribution >= 4 is 11.8 Å². The molecular formula is C15H21N3OS. The van der Waals surface area contributed by atoms with Crippen LogP contribution in [0.5, 0.6) is 0 Å². The standard InChI is InChI=1S/C15H21N3OS/c1-5-16-14(9-20-15-18-17-12(4)19-15)13-7-6-10(2)8-11(13)3/h6-8,14,16H,5,9H2,1-4H3. The molecule has 1 atom stereocenters. The van der Waals surface area contributed by atoms with E-state index in [1.54, 1.807) is 11.8 Å². The maximum absolute atomic E-state index is 5.41. The van der Waals surface area contributed by atoms with Crippen molar-refractivity contribution in [1.82, 2.24) is 15.5 Å². The van der Waals surface area contributed by atoms with Gasteiger partial charge in [0.25, 0.3) is 5.22 Å². The van der Waals surface area contributed by atoms with E-state index in [1.165, 1.54) is 16.7 Å². The SMILES string of the molecule is CCNC(CSc1nnc(C)o1)c1ccc(C)cc1C. The number of nitrogens with one attached hydrogen (secondary N) is 1. The Labute approximate surface area is 124 Å². The van der Waals surface area contributed by atoms with E-state index >= 15 is 0 Å². The molecule has 0 bridgehead atoms. The minimum atomic E-state index is 0.290. The van der Waals surface area contributed by atoms with Crippen molar-refractivity contribution < 1.29 is 4.42 Å². The number of nitrogens with zero attached hydrogens (tertiary/aromatic N) is 2. The van der Waals surface area contributed by atoms with Crippen LogP contribution < -0.4 is 5.32 Å². The lowest BCUT2D eigenvalue weighted by molar-refractivity contribution is 0.428. The number of thioether (sulfide) groups is 1. The molecule has 1 unspecified atom stereocenters. The summed E-state index contributed by atoms with van der Waals surface area (Å²) in [6.07, 6.45) is 0. The number of hydrogen-bond donors (Lipinski definition) is 1. The first-order chi connectivity index (χ1) is 9.60. The largest absolute Gasteiger partial charge is 0.416 e. The van der Waals surface area contributed by atoms with Crippen LogP contribution >= 0.6 is 11.8 Å². The molecule has 0 saturated carbocycles. The van der Waals surface area contributed by atoms with E-state index in [1.807, 2.05) is 6.92 Å². The van der Waals surface area contributed by atoms with Gasteiger partial charge in [-0.3, -0.25) is 0 Å². The second-order valence-corrected chi connectivity index (χ2v) is 5.84. The van der Waals surface area contributed by atoms with Crippen molar-refractivity contribution in [3.05, 3.63) is 40.8 Å². The molecule has 1 heterocycles. The molecule has 20 heavy (non-hydrogen) atoms. The molecule has 4 nitrogen and oxygen atoms in total. The highest BCUT2D eigenvalue weighted by Gasteiger charge is 2.15. The second-order valence-electron chi connectivity index (χ2n) is 4.87. The van der Waals surface area contributed by atoms with Crippen LogP contribution in [-0.2, 0) is 0 Å². The third-order valence-corrected chi connectivity index (χ3v) is 4.04. The van der Waals surface area contributed by atoms with Gasteiger partial charge in [-0.05, 0) is 31.5 Å². The zero-order chi connectivity index (χ0) is 14.5. The summed E-state index contributed by atoms with van der Waals surface area (Å²) in [5.74, 6) is 1.48. The molecule has 2 aromatic rings. The summed E-state index contributed by atoms with van der Waals surface area (Å²) < 4.78 is 5.41. The Hall–Kier alpha value is -1.33. The molecule has 0 spiro atoms. The quantitative estimate of drug-likeness (QED) is 0.826. The lowest BCUT2D eigenvalue weighted by Crippen LogP contribution is -2.23. The summed E-state index contributed by atoms with van der Waals surface area (Å²) in [5, 5.41) is 12.0. The van der Waals surface area contributed by atoms with Gasteiger partial charge in [0.05, 0.1) is 0 Å². The van der Waals surface area contributed by atoms with Crippen LogP contribution in [0, 0.1) is 20.8 Å². The van der Waals surface area contributed by atoms with Crippen LogP contribution in [0.15, 0.2) is 27.8 Å². The molecule has 0 amide bonds. The van der Waals surface area contributed by atoms with Gasteiger partial charge in [0.2, 0.25) is 5.89 Å². The molecule has 0 radical (unpaired) electrons. The Morgan fingerprint density at radius 1 is 1.25 bits per heavy atom. The number of aryl methyl sites for hydroxylation is 3. The fraction of sp³-hybridized carbons (Fsp3) is 0.467. The summed E-state index contributed by atoms with van der Waals surface area (Å²) in [6.45, 7) is 9.14. The monoisotopic (exact) mass is 291 g/mol. The predicted molar refractivity (Wildman–Crippen MR) is 82.1 cm³/mol. The van der Waals surface area contributed by atoms with Crippen LogP contribution in [0.3, 0.4) is 0 Å². The lowest BCUT2D eigenvalue weighted by atomic mass is 10.0. The fourth-order valence-corrected chi connectivity index (χ4v) is 3.10. The van der Waals surface area contributed by atoms with Crippen LogP contribution in [-0.4, -0.2) is 22.5 Å². The molecule has 0 fully saturated rings. The van der Waals surface area contributed by atoms with Gasteiger partial charge < -0.3 is 9.73 Å². The molecule has 0 aliphatic heterocycles. The maximum Gasteiger partial charge on any atom is 0.276 e. The molecule has 1 aromatic heterocycles. The smallest absolute Gasteiger partial charge is 0.276 e. The van der Waals surface area contributed by atoms with Crippen LogP contribution in [0.2, 0.25) is 0 Å². The average molecular weight is 291 g/mol. The first kappa shape index (κ1) is 15.1. The highest BCUT2D eigenvalue weighted by Crippen LogP contribution is 2.26. The van der Waals surface area contributed by atoms with Gasteiger partial charge in [-0.15, -0.1) is 10.2 Å². The van der Waals surface area contributed by atoms with Crippen LogP contribution in [0.1, 0.15) is 35.5 Å². The molecule has 0 aliphatic rings. The molecule has 0 saturated heterocycles. The first-order valence-corrected chi connectivity index (χ1v) is 7.82. The molecular weight excluding hydrogens is 270 g/mol. The highest BCUT2D eigenvalue weighted by atomic mass is 32.2. The minimum Gasteiger partial charge on any atom is -0.416 e. The topological polar surface area (TPSA) is 51.0 Å². The average Bonchev–Trinajstić information content (AvgIpc) is 2.81. The van der Waals surface area contributed by atoms with E-state index in [0.29, 0.717) is 11.1 Å². The predicted octanol–water partition coefficient (Wildman–Crippen LogP) is 3.44. The Bertz CT molecular complexity index is 568. The van der Waals surface area contributed by atoms with Crippen LogP contribution in [0.4, 0.5) is 0 Å². The van der Waals surface area contributed by atoms with Gasteiger partial charge in [0.15, 0.2) is 0 Å². The normalized spacial score (nSPS) is 12.6. The van der Waals surface area contributed by atoms with E-state index in [9.17, 15) is 0 Å². The van der Waals surface area contributed by atoms with Gasteiger partial charge >= 0.3 is 0 Å². The number of rotatable bonds is 6. The summed E-state index contributed by atoms with van der Waals surface area (Å²) in [6, 6.07) is 6.88. The fourth-order valence-electron chi connectivity index (χ4n) is 2.21. The van der Waals surface area contributed by atoms with Crippen molar-refractivity contribution in [3.8, 4) is 0 Å². The van der Waals surface area contributed by atoms with Crippen LogP contribution in [0.25, 0.3) is 0 Å². The molecule has 108 valence electrons. The molecule has 0 aliphatic carbocycles. The Morgan fingerprint density at radius 3 is 2.65 bits per heavy atom. The molecule has 2 rings (SSSR count). The van der Waals surface area contributed by atoms with E-state index in [0.717, 1.165) is 12.3 Å². The Balaban J connectivity index is 2.09. The zero-order valence-electron chi connectivity index (χ0n) is 12.4. The van der Waals surface area contributed by atoms with Crippen molar-refractivity contribution in [1.29, 1.82) is 0 Å². The summed E-state index contributed by atoms with van der Waals surface area (Å²) in [5.41, 5.74) is 3.95. The van der Waals surface area contributed by atoms with Crippen molar-refractivity contribution in [2.24, 2.45) is 0 Å². The second kappa shape index (κ2) is 6.90. The summed E-state index contributed by atoms with van der Waals surface area (Å²) in [4.78, 5) is 0. The van der Waals surface area contributed by atoms with E-state index < -0.39 is 0 Å². The summed E-state index contributed by atoms with van der Waals surface area (Å²) >= 11 is 1.59. The van der Waals surface area contributed by atoms with Gasteiger partial charge in [0, 0.05) is 18.7 Å². The number of benzene rings is 1. The Morgan fingerprint density at radius 2 is 2.05 bits per heavy atom. The van der Waals surface area contributed by atoms with Crippen molar-refractivity contribution in [2.45, 2.75) is 39.0 Å². The molecule has 5 heteroatoms. The van der Waals surface area contributed by atoms with Crippen molar-refractivity contribution in [3.63, 3.8) is 0 Å². The van der Waals surface area contributed by atoms with Gasteiger partial charge in [-0.2, -0.15) is 0 Å². The van der Waals surface area contributed by atoms with Gasteiger partial charge in [-0.1, -0.05) is 42.4 Å². The third-order valence-electron chi connectivity index (χ3n) is 3.13. The summed E-state index contributed by atoms with van der Waals surface area (Å²) in [7, 11) is 0. The maximum atomic E-state index is 5.41. The van der Waals surface area contributed by atoms with Gasteiger partial charge in [-0.25, -0.2) is 0 Å². The van der Waals surface area contributed by atoms with E-state index in [-0.39, 0.29) is 6.04 Å².